The van der Waals surface area contributed by atoms with Crippen molar-refractivity contribution in [1.29, 1.82) is 0 Å². The van der Waals surface area contributed by atoms with Gasteiger partial charge in [0, 0.05) is 0 Å². The van der Waals surface area contributed by atoms with E-state index in [1.807, 2.05) is 0 Å². The molecule has 0 unspecified atom stereocenters. The molecule has 0 heteroatoms. The Balaban J connectivity index is 2.13. The minimum absolute atomic E-state index is 1.08. The normalized spacial score (nSPS) is 15.1. The molecule has 0 fully saturated rings. The summed E-state index contributed by atoms with van der Waals surface area (Å²) in [6.07, 6.45) is 2.18. The fraction of sp³-hybridized carbons (Fsp3) is 0.158. The largest absolute Gasteiger partial charge is 0.0952 e. The van der Waals surface area contributed by atoms with Crippen molar-refractivity contribution in [2.75, 3.05) is 0 Å². The average Bonchev–Trinajstić information content (AvgIpc) is 2.82. The van der Waals surface area contributed by atoms with Gasteiger partial charge < -0.3 is 0 Å². The van der Waals surface area contributed by atoms with Gasteiger partial charge in [0.25, 0.3) is 0 Å². The Bertz CT molecular complexity index is 627. The SMILES string of the molecule is C=C1CCC(c2ccc(C)cc2)=C1c1ccccc1. The fourth-order valence-electron chi connectivity index (χ4n) is 2.77. The number of allylic oxidation sites excluding steroid dienone is 3. The Labute approximate surface area is 115 Å². The van der Waals surface area contributed by atoms with Gasteiger partial charge in [0.15, 0.2) is 0 Å². The van der Waals surface area contributed by atoms with Crippen LogP contribution in [0.3, 0.4) is 0 Å². The predicted octanol–water partition coefficient (Wildman–Crippen LogP) is 5.26. The summed E-state index contributed by atoms with van der Waals surface area (Å²) in [5.74, 6) is 0. The third kappa shape index (κ3) is 2.26. The van der Waals surface area contributed by atoms with E-state index in [-0.39, 0.29) is 0 Å². The third-order valence-corrected chi connectivity index (χ3v) is 3.79. The van der Waals surface area contributed by atoms with Gasteiger partial charge in [-0.3, -0.25) is 0 Å². The minimum atomic E-state index is 1.08. The molecule has 0 N–H and O–H groups in total. The molecule has 0 saturated carbocycles. The molecular formula is C19H18. The van der Waals surface area contributed by atoms with E-state index < -0.39 is 0 Å². The lowest BCUT2D eigenvalue weighted by Crippen LogP contribution is -1.87. The third-order valence-electron chi connectivity index (χ3n) is 3.79. The van der Waals surface area contributed by atoms with Crippen molar-refractivity contribution in [1.82, 2.24) is 0 Å². The molecule has 0 amide bonds. The maximum atomic E-state index is 4.25. The first-order chi connectivity index (χ1) is 9.25. The number of benzene rings is 2. The molecule has 94 valence electrons. The molecule has 1 aliphatic rings. The van der Waals surface area contributed by atoms with Crippen LogP contribution in [-0.2, 0) is 0 Å². The van der Waals surface area contributed by atoms with Crippen LogP contribution in [0.2, 0.25) is 0 Å². The van der Waals surface area contributed by atoms with Gasteiger partial charge in [0.1, 0.15) is 0 Å². The Kier molecular flexibility index (Phi) is 3.08. The molecule has 19 heavy (non-hydrogen) atoms. The first kappa shape index (κ1) is 12.0. The second-order valence-corrected chi connectivity index (χ2v) is 5.19. The van der Waals surface area contributed by atoms with Gasteiger partial charge in [-0.2, -0.15) is 0 Å². The zero-order valence-electron chi connectivity index (χ0n) is 11.3. The van der Waals surface area contributed by atoms with Gasteiger partial charge in [-0.15, -0.1) is 0 Å². The first-order valence-corrected chi connectivity index (χ1v) is 6.79. The van der Waals surface area contributed by atoms with E-state index in [0.29, 0.717) is 0 Å². The number of hydrogen-bond donors (Lipinski definition) is 0. The summed E-state index contributed by atoms with van der Waals surface area (Å²) in [6.45, 7) is 6.38. The zero-order valence-corrected chi connectivity index (χ0v) is 11.3. The van der Waals surface area contributed by atoms with Gasteiger partial charge in [-0.1, -0.05) is 66.7 Å². The van der Waals surface area contributed by atoms with E-state index in [9.17, 15) is 0 Å². The maximum absolute atomic E-state index is 4.25. The maximum Gasteiger partial charge on any atom is -0.0120 e. The molecule has 2 aromatic carbocycles. The molecule has 0 aliphatic heterocycles. The van der Waals surface area contributed by atoms with Crippen LogP contribution in [0.4, 0.5) is 0 Å². The van der Waals surface area contributed by atoms with Crippen molar-refractivity contribution < 1.29 is 0 Å². The van der Waals surface area contributed by atoms with Crippen molar-refractivity contribution in [3.63, 3.8) is 0 Å². The van der Waals surface area contributed by atoms with E-state index in [0.717, 1.165) is 12.8 Å². The molecule has 0 aromatic heterocycles. The van der Waals surface area contributed by atoms with E-state index >= 15 is 0 Å². The highest BCUT2D eigenvalue weighted by Crippen LogP contribution is 2.42. The molecule has 2 aromatic rings. The Morgan fingerprint density at radius 1 is 0.789 bits per heavy atom. The quantitative estimate of drug-likeness (QED) is 0.678. The lowest BCUT2D eigenvalue weighted by Gasteiger charge is -2.09. The number of hydrogen-bond acceptors (Lipinski definition) is 0. The number of rotatable bonds is 2. The van der Waals surface area contributed by atoms with Crippen LogP contribution in [0.5, 0.6) is 0 Å². The van der Waals surface area contributed by atoms with Gasteiger partial charge in [-0.05, 0) is 47.6 Å². The molecule has 0 heterocycles. The molecule has 0 spiro atoms. The average molecular weight is 246 g/mol. The van der Waals surface area contributed by atoms with Crippen LogP contribution >= 0.6 is 0 Å². The predicted molar refractivity (Wildman–Crippen MR) is 82.8 cm³/mol. The van der Waals surface area contributed by atoms with Gasteiger partial charge in [0.2, 0.25) is 0 Å². The highest BCUT2D eigenvalue weighted by molar-refractivity contribution is 6.00. The van der Waals surface area contributed by atoms with Crippen LogP contribution in [-0.4, -0.2) is 0 Å². The van der Waals surface area contributed by atoms with Crippen molar-refractivity contribution in [3.8, 4) is 0 Å². The van der Waals surface area contributed by atoms with Gasteiger partial charge >= 0.3 is 0 Å². The molecule has 0 bridgehead atoms. The van der Waals surface area contributed by atoms with E-state index in [1.165, 1.54) is 33.4 Å². The topological polar surface area (TPSA) is 0 Å². The summed E-state index contributed by atoms with van der Waals surface area (Å²) in [5, 5.41) is 0. The molecule has 0 atom stereocenters. The second kappa shape index (κ2) is 4.89. The van der Waals surface area contributed by atoms with Crippen LogP contribution in [0.15, 0.2) is 66.7 Å². The number of aryl methyl sites for hydroxylation is 1. The van der Waals surface area contributed by atoms with E-state index in [1.54, 1.807) is 0 Å². The molecule has 1 aliphatic carbocycles. The molecule has 0 nitrogen and oxygen atoms in total. The van der Waals surface area contributed by atoms with Crippen LogP contribution in [0.1, 0.15) is 29.5 Å². The van der Waals surface area contributed by atoms with Crippen LogP contribution in [0, 0.1) is 6.92 Å². The van der Waals surface area contributed by atoms with Gasteiger partial charge in [-0.25, -0.2) is 0 Å². The lowest BCUT2D eigenvalue weighted by atomic mass is 9.95. The van der Waals surface area contributed by atoms with Crippen molar-refractivity contribution in [2.24, 2.45) is 0 Å². The fourth-order valence-corrected chi connectivity index (χ4v) is 2.77. The van der Waals surface area contributed by atoms with Crippen molar-refractivity contribution in [3.05, 3.63) is 83.4 Å². The standard InChI is InChI=1S/C19H18/c1-14-8-11-16(12-9-14)18-13-10-15(2)19(18)17-6-4-3-5-7-17/h3-9,11-12H,2,10,13H2,1H3. The summed E-state index contributed by atoms with van der Waals surface area (Å²) in [4.78, 5) is 0. The zero-order chi connectivity index (χ0) is 13.2. The molecular weight excluding hydrogens is 228 g/mol. The Morgan fingerprint density at radius 3 is 2.16 bits per heavy atom. The highest BCUT2D eigenvalue weighted by atomic mass is 14.2. The summed E-state index contributed by atoms with van der Waals surface area (Å²) < 4.78 is 0. The molecule has 3 rings (SSSR count). The minimum Gasteiger partial charge on any atom is -0.0952 e. The van der Waals surface area contributed by atoms with E-state index in [2.05, 4.69) is 68.1 Å². The Hall–Kier alpha value is -2.08. The monoisotopic (exact) mass is 246 g/mol. The molecule has 0 saturated heterocycles. The van der Waals surface area contributed by atoms with Crippen LogP contribution < -0.4 is 0 Å². The van der Waals surface area contributed by atoms with E-state index in [4.69, 9.17) is 0 Å². The van der Waals surface area contributed by atoms with Crippen LogP contribution in [0.25, 0.3) is 11.1 Å². The van der Waals surface area contributed by atoms with Gasteiger partial charge in [0.05, 0.1) is 0 Å². The second-order valence-electron chi connectivity index (χ2n) is 5.19. The lowest BCUT2D eigenvalue weighted by molar-refractivity contribution is 1.08. The Morgan fingerprint density at radius 2 is 1.47 bits per heavy atom. The van der Waals surface area contributed by atoms with Crippen molar-refractivity contribution >= 4 is 11.1 Å². The highest BCUT2D eigenvalue weighted by Gasteiger charge is 2.20. The summed E-state index contributed by atoms with van der Waals surface area (Å²) >= 11 is 0. The van der Waals surface area contributed by atoms with Crippen molar-refractivity contribution in [2.45, 2.75) is 19.8 Å². The summed E-state index contributed by atoms with van der Waals surface area (Å²) in [7, 11) is 0. The molecule has 0 radical (unpaired) electrons. The first-order valence-electron chi connectivity index (χ1n) is 6.79. The summed E-state index contributed by atoms with van der Waals surface area (Å²) in [5.41, 5.74) is 7.99. The smallest absolute Gasteiger partial charge is 0.0120 e. The summed E-state index contributed by atoms with van der Waals surface area (Å²) in [6, 6.07) is 19.4.